The molecule has 0 saturated carbocycles. The van der Waals surface area contributed by atoms with Crippen molar-refractivity contribution in [3.63, 3.8) is 0 Å². The summed E-state index contributed by atoms with van der Waals surface area (Å²) in [7, 11) is 0. The highest BCUT2D eigenvalue weighted by atomic mass is 15.0. The van der Waals surface area contributed by atoms with Gasteiger partial charge in [0.1, 0.15) is 0 Å². The van der Waals surface area contributed by atoms with Crippen LogP contribution in [0.25, 0.3) is 0 Å². The zero-order valence-electron chi connectivity index (χ0n) is 14.3. The summed E-state index contributed by atoms with van der Waals surface area (Å²) in [5, 5.41) is 7.58. The first-order valence-corrected chi connectivity index (χ1v) is 8.73. The van der Waals surface area contributed by atoms with E-state index in [4.69, 9.17) is 0 Å². The van der Waals surface area contributed by atoms with Gasteiger partial charge in [0, 0.05) is 17.6 Å². The molecule has 120 valence electrons. The third-order valence-corrected chi connectivity index (χ3v) is 5.42. The maximum atomic E-state index is 3.82. The fourth-order valence-corrected chi connectivity index (χ4v) is 4.11. The minimum absolute atomic E-state index is 0.194. The Balaban J connectivity index is 1.77. The van der Waals surface area contributed by atoms with Crippen LogP contribution in [-0.2, 0) is 5.41 Å². The van der Waals surface area contributed by atoms with E-state index in [0.717, 1.165) is 6.54 Å². The molecule has 23 heavy (non-hydrogen) atoms. The summed E-state index contributed by atoms with van der Waals surface area (Å²) < 4.78 is 0. The lowest BCUT2D eigenvalue weighted by atomic mass is 9.78. The molecule has 3 atom stereocenters. The summed E-state index contributed by atoms with van der Waals surface area (Å²) in [4.78, 5) is 0. The van der Waals surface area contributed by atoms with E-state index in [0.29, 0.717) is 18.0 Å². The Morgan fingerprint density at radius 1 is 0.957 bits per heavy atom. The number of hydrogen-bond acceptors (Lipinski definition) is 2. The maximum absolute atomic E-state index is 3.82. The van der Waals surface area contributed by atoms with Crippen molar-refractivity contribution in [1.29, 1.82) is 0 Å². The Kier molecular flexibility index (Phi) is 3.46. The first-order chi connectivity index (χ1) is 11.0. The van der Waals surface area contributed by atoms with Crippen LogP contribution in [0.3, 0.4) is 0 Å². The highest BCUT2D eigenvalue weighted by Crippen LogP contribution is 2.47. The third kappa shape index (κ3) is 2.55. The number of fused-ring (bicyclic) bond motifs is 3. The largest absolute Gasteiger partial charge is 0.378 e. The molecule has 0 radical (unpaired) electrons. The Morgan fingerprint density at radius 3 is 2.48 bits per heavy atom. The van der Waals surface area contributed by atoms with Crippen LogP contribution < -0.4 is 10.6 Å². The summed E-state index contributed by atoms with van der Waals surface area (Å²) in [5.74, 6) is 0.625. The van der Waals surface area contributed by atoms with E-state index in [1.807, 2.05) is 0 Å². The minimum Gasteiger partial charge on any atom is -0.378 e. The van der Waals surface area contributed by atoms with Crippen molar-refractivity contribution in [2.75, 3.05) is 11.9 Å². The normalized spacial score (nSPS) is 26.3. The van der Waals surface area contributed by atoms with E-state index in [2.05, 4.69) is 79.9 Å². The molecular formula is C21H26N2. The van der Waals surface area contributed by atoms with Crippen molar-refractivity contribution in [2.45, 2.75) is 44.7 Å². The van der Waals surface area contributed by atoms with Crippen LogP contribution in [0.2, 0.25) is 0 Å². The molecule has 2 nitrogen and oxygen atoms in total. The minimum atomic E-state index is 0.194. The molecule has 2 aliphatic heterocycles. The van der Waals surface area contributed by atoms with Gasteiger partial charge in [-0.3, -0.25) is 0 Å². The van der Waals surface area contributed by atoms with Gasteiger partial charge in [0.25, 0.3) is 0 Å². The van der Waals surface area contributed by atoms with Crippen LogP contribution in [0.15, 0.2) is 48.5 Å². The predicted octanol–water partition coefficient (Wildman–Crippen LogP) is 4.80. The van der Waals surface area contributed by atoms with Crippen LogP contribution in [0.4, 0.5) is 5.69 Å². The molecule has 2 aromatic carbocycles. The Labute approximate surface area is 139 Å². The van der Waals surface area contributed by atoms with E-state index < -0.39 is 0 Å². The molecule has 2 aromatic rings. The van der Waals surface area contributed by atoms with Gasteiger partial charge in [-0.1, -0.05) is 63.2 Å². The third-order valence-electron chi connectivity index (χ3n) is 5.42. The average Bonchev–Trinajstić information content (AvgIpc) is 3.03. The van der Waals surface area contributed by atoms with Crippen molar-refractivity contribution in [2.24, 2.45) is 5.92 Å². The van der Waals surface area contributed by atoms with Gasteiger partial charge in [-0.05, 0) is 41.1 Å². The van der Waals surface area contributed by atoms with E-state index in [1.165, 1.54) is 28.8 Å². The Hall–Kier alpha value is -1.80. The van der Waals surface area contributed by atoms with Crippen molar-refractivity contribution in [3.8, 4) is 0 Å². The van der Waals surface area contributed by atoms with E-state index >= 15 is 0 Å². The van der Waals surface area contributed by atoms with Crippen LogP contribution in [0.1, 0.15) is 56.0 Å². The summed E-state index contributed by atoms with van der Waals surface area (Å²) in [6.07, 6.45) is 1.23. The van der Waals surface area contributed by atoms with Gasteiger partial charge in [0.2, 0.25) is 0 Å². The van der Waals surface area contributed by atoms with Crippen LogP contribution >= 0.6 is 0 Å². The summed E-state index contributed by atoms with van der Waals surface area (Å²) in [6, 6.07) is 18.7. The molecule has 4 rings (SSSR count). The predicted molar refractivity (Wildman–Crippen MR) is 96.8 cm³/mol. The fourth-order valence-electron chi connectivity index (χ4n) is 4.11. The first-order valence-electron chi connectivity index (χ1n) is 8.73. The molecule has 0 spiro atoms. The van der Waals surface area contributed by atoms with Gasteiger partial charge in [0.05, 0.1) is 6.04 Å². The maximum Gasteiger partial charge on any atom is 0.0560 e. The quantitative estimate of drug-likeness (QED) is 0.790. The van der Waals surface area contributed by atoms with Crippen molar-refractivity contribution in [1.82, 2.24) is 5.32 Å². The number of anilines is 1. The molecule has 2 N–H and O–H groups in total. The molecule has 3 unspecified atom stereocenters. The van der Waals surface area contributed by atoms with E-state index in [1.54, 1.807) is 0 Å². The van der Waals surface area contributed by atoms with Crippen molar-refractivity contribution in [3.05, 3.63) is 65.2 Å². The second-order valence-electron chi connectivity index (χ2n) is 7.97. The smallest absolute Gasteiger partial charge is 0.0560 e. The average molecular weight is 306 g/mol. The molecular weight excluding hydrogens is 280 g/mol. The molecule has 1 fully saturated rings. The lowest BCUT2D eigenvalue weighted by molar-refractivity contribution is 0.390. The summed E-state index contributed by atoms with van der Waals surface area (Å²) >= 11 is 0. The molecule has 0 aliphatic carbocycles. The van der Waals surface area contributed by atoms with Crippen molar-refractivity contribution >= 4 is 5.69 Å². The Bertz CT molecular complexity index is 700. The van der Waals surface area contributed by atoms with Crippen LogP contribution in [0, 0.1) is 5.92 Å². The topological polar surface area (TPSA) is 24.1 Å². The fraction of sp³-hybridized carbons (Fsp3) is 0.429. The van der Waals surface area contributed by atoms with E-state index in [9.17, 15) is 0 Å². The number of rotatable bonds is 1. The van der Waals surface area contributed by atoms with Gasteiger partial charge in [-0.25, -0.2) is 0 Å². The summed E-state index contributed by atoms with van der Waals surface area (Å²) in [5.41, 5.74) is 5.76. The van der Waals surface area contributed by atoms with E-state index in [-0.39, 0.29) is 5.41 Å². The van der Waals surface area contributed by atoms with Gasteiger partial charge in [-0.15, -0.1) is 0 Å². The van der Waals surface area contributed by atoms with Crippen molar-refractivity contribution < 1.29 is 0 Å². The molecule has 2 heteroatoms. The highest BCUT2D eigenvalue weighted by Gasteiger charge is 2.40. The molecule has 2 heterocycles. The monoisotopic (exact) mass is 306 g/mol. The van der Waals surface area contributed by atoms with Gasteiger partial charge in [-0.2, -0.15) is 0 Å². The SMILES string of the molecule is CC(C)(C)c1ccc2c(c1)C1NCCC1C(c1ccccc1)N2. The van der Waals surface area contributed by atoms with Gasteiger partial charge in [0.15, 0.2) is 0 Å². The second kappa shape index (κ2) is 5.38. The summed E-state index contributed by atoms with van der Waals surface area (Å²) in [6.45, 7) is 7.98. The molecule has 2 aliphatic rings. The first kappa shape index (κ1) is 14.8. The lowest BCUT2D eigenvalue weighted by Crippen LogP contribution is -2.32. The zero-order valence-corrected chi connectivity index (χ0v) is 14.3. The van der Waals surface area contributed by atoms with Gasteiger partial charge >= 0.3 is 0 Å². The second-order valence-corrected chi connectivity index (χ2v) is 7.97. The highest BCUT2D eigenvalue weighted by molar-refractivity contribution is 5.59. The zero-order chi connectivity index (χ0) is 16.0. The number of nitrogens with one attached hydrogen (secondary N) is 2. The molecule has 0 aromatic heterocycles. The lowest BCUT2D eigenvalue weighted by Gasteiger charge is -2.38. The molecule has 0 amide bonds. The number of hydrogen-bond donors (Lipinski definition) is 2. The molecule has 0 bridgehead atoms. The standard InChI is InChI=1S/C21H26N2/c1-21(2,3)15-9-10-18-17(13-15)20-16(11-12-22-20)19(23-18)14-7-5-4-6-8-14/h4-10,13,16,19-20,22-23H,11-12H2,1-3H3. The van der Waals surface area contributed by atoms with Gasteiger partial charge < -0.3 is 10.6 Å². The Morgan fingerprint density at radius 2 is 1.74 bits per heavy atom. The number of benzene rings is 2. The van der Waals surface area contributed by atoms with Crippen LogP contribution in [0.5, 0.6) is 0 Å². The molecule has 1 saturated heterocycles. The van der Waals surface area contributed by atoms with Crippen LogP contribution in [-0.4, -0.2) is 6.54 Å².